The van der Waals surface area contributed by atoms with Gasteiger partial charge in [-0.3, -0.25) is 4.98 Å². The van der Waals surface area contributed by atoms with Crippen LogP contribution in [0.4, 0.5) is 0 Å². The zero-order valence-corrected chi connectivity index (χ0v) is 11.8. The molecule has 2 N–H and O–H groups in total. The minimum atomic E-state index is -0.0199. The van der Waals surface area contributed by atoms with Crippen LogP contribution in [0.25, 0.3) is 11.0 Å². The van der Waals surface area contributed by atoms with E-state index in [0.29, 0.717) is 6.04 Å². The summed E-state index contributed by atoms with van der Waals surface area (Å²) in [6, 6.07) is 12.9. The lowest BCUT2D eigenvalue weighted by atomic mass is 10.0. The zero-order chi connectivity index (χ0) is 14.2. The van der Waals surface area contributed by atoms with Gasteiger partial charge in [-0.2, -0.15) is 0 Å². The monoisotopic (exact) mass is 278 g/mol. The van der Waals surface area contributed by atoms with Crippen molar-refractivity contribution in [1.82, 2.24) is 14.5 Å². The Bertz CT molecular complexity index is 759. The maximum atomic E-state index is 6.37. The number of hydrogen-bond acceptors (Lipinski definition) is 3. The van der Waals surface area contributed by atoms with E-state index in [4.69, 9.17) is 10.7 Å². The molecule has 1 aliphatic rings. The first kappa shape index (κ1) is 12.5. The van der Waals surface area contributed by atoms with Crippen LogP contribution in [0, 0.1) is 0 Å². The van der Waals surface area contributed by atoms with Crippen LogP contribution in [0.5, 0.6) is 0 Å². The molecule has 3 aromatic rings. The Morgan fingerprint density at radius 1 is 1.19 bits per heavy atom. The molecule has 0 radical (unpaired) electrons. The molecule has 1 aliphatic carbocycles. The molecule has 106 valence electrons. The molecule has 0 saturated heterocycles. The number of nitrogens with two attached hydrogens (primary N) is 1. The van der Waals surface area contributed by atoms with E-state index in [1.807, 2.05) is 30.6 Å². The Labute approximate surface area is 123 Å². The lowest BCUT2D eigenvalue weighted by molar-refractivity contribution is 0.630. The van der Waals surface area contributed by atoms with Gasteiger partial charge in [-0.25, -0.2) is 4.98 Å². The number of benzene rings is 1. The maximum absolute atomic E-state index is 6.37. The van der Waals surface area contributed by atoms with E-state index < -0.39 is 0 Å². The Morgan fingerprint density at radius 2 is 2.00 bits per heavy atom. The molecule has 0 aliphatic heterocycles. The van der Waals surface area contributed by atoms with Crippen LogP contribution < -0.4 is 5.73 Å². The molecule has 2 aromatic heterocycles. The summed E-state index contributed by atoms with van der Waals surface area (Å²) in [5.74, 6) is 1.08. The smallest absolute Gasteiger partial charge is 0.112 e. The lowest BCUT2D eigenvalue weighted by Crippen LogP contribution is -2.16. The molecule has 4 nitrogen and oxygen atoms in total. The van der Waals surface area contributed by atoms with Gasteiger partial charge < -0.3 is 10.3 Å². The minimum Gasteiger partial charge on any atom is -0.325 e. The summed E-state index contributed by atoms with van der Waals surface area (Å²) in [4.78, 5) is 8.94. The molecule has 21 heavy (non-hydrogen) atoms. The van der Waals surface area contributed by atoms with Crippen LogP contribution in [0.3, 0.4) is 0 Å². The van der Waals surface area contributed by atoms with Gasteiger partial charge >= 0.3 is 0 Å². The topological polar surface area (TPSA) is 56.7 Å². The fourth-order valence-electron chi connectivity index (χ4n) is 2.90. The van der Waals surface area contributed by atoms with E-state index in [1.165, 1.54) is 18.4 Å². The van der Waals surface area contributed by atoms with E-state index in [-0.39, 0.29) is 6.04 Å². The molecular formula is C17H18N4. The Balaban J connectivity index is 1.71. The van der Waals surface area contributed by atoms with E-state index in [0.717, 1.165) is 23.3 Å². The largest absolute Gasteiger partial charge is 0.325 e. The van der Waals surface area contributed by atoms with Crippen LogP contribution in [-0.2, 0) is 6.42 Å². The van der Waals surface area contributed by atoms with Gasteiger partial charge in [-0.15, -0.1) is 0 Å². The second-order valence-corrected chi connectivity index (χ2v) is 5.71. The van der Waals surface area contributed by atoms with E-state index >= 15 is 0 Å². The lowest BCUT2D eigenvalue weighted by Gasteiger charge is -2.13. The van der Waals surface area contributed by atoms with Crippen molar-refractivity contribution >= 4 is 11.0 Å². The third-order valence-corrected chi connectivity index (χ3v) is 4.11. The highest BCUT2D eigenvalue weighted by atomic mass is 15.1. The van der Waals surface area contributed by atoms with Crippen molar-refractivity contribution in [1.29, 1.82) is 0 Å². The number of nitrogens with zero attached hydrogens (tertiary/aromatic N) is 3. The normalized spacial score (nSPS) is 16.2. The van der Waals surface area contributed by atoms with Gasteiger partial charge in [-0.1, -0.05) is 30.3 Å². The molecule has 1 unspecified atom stereocenters. The third kappa shape index (κ3) is 2.32. The Hall–Kier alpha value is -2.20. The quantitative estimate of drug-likeness (QED) is 0.798. The van der Waals surface area contributed by atoms with Gasteiger partial charge in [0.05, 0.1) is 11.7 Å². The van der Waals surface area contributed by atoms with Crippen molar-refractivity contribution < 1.29 is 0 Å². The molecule has 1 saturated carbocycles. The van der Waals surface area contributed by atoms with Crippen molar-refractivity contribution in [2.75, 3.05) is 0 Å². The highest BCUT2D eigenvalue weighted by molar-refractivity contribution is 5.75. The summed E-state index contributed by atoms with van der Waals surface area (Å²) in [6.07, 6.45) is 6.91. The van der Waals surface area contributed by atoms with Gasteiger partial charge in [0.1, 0.15) is 11.3 Å². The highest BCUT2D eigenvalue weighted by Crippen LogP contribution is 2.39. The summed E-state index contributed by atoms with van der Waals surface area (Å²) >= 11 is 0. The summed E-state index contributed by atoms with van der Waals surface area (Å²) < 4.78 is 2.36. The van der Waals surface area contributed by atoms with Gasteiger partial charge in [0.15, 0.2) is 0 Å². The number of imidazole rings is 1. The standard InChI is InChI=1S/C17H18N4/c18-14(12-4-2-1-3-5-12)10-17-20-15-11-19-9-8-16(15)21(17)13-6-7-13/h1-5,8-9,11,13-14H,6-7,10,18H2. The molecule has 0 spiro atoms. The van der Waals surface area contributed by atoms with Crippen LogP contribution in [0.2, 0.25) is 0 Å². The number of aromatic nitrogens is 3. The summed E-state index contributed by atoms with van der Waals surface area (Å²) in [6.45, 7) is 0. The molecule has 4 rings (SSSR count). The molecule has 1 aromatic carbocycles. The molecular weight excluding hydrogens is 260 g/mol. The Morgan fingerprint density at radius 3 is 2.76 bits per heavy atom. The van der Waals surface area contributed by atoms with Crippen LogP contribution >= 0.6 is 0 Å². The molecule has 1 atom stereocenters. The van der Waals surface area contributed by atoms with E-state index in [1.54, 1.807) is 0 Å². The summed E-state index contributed by atoms with van der Waals surface area (Å²) in [5.41, 5.74) is 9.68. The predicted molar refractivity (Wildman–Crippen MR) is 82.9 cm³/mol. The van der Waals surface area contributed by atoms with Crippen molar-refractivity contribution in [2.24, 2.45) is 5.73 Å². The summed E-state index contributed by atoms with van der Waals surface area (Å²) in [7, 11) is 0. The summed E-state index contributed by atoms with van der Waals surface area (Å²) in [5, 5.41) is 0. The van der Waals surface area contributed by atoms with Crippen molar-refractivity contribution in [2.45, 2.75) is 31.3 Å². The SMILES string of the molecule is NC(Cc1nc2cnccc2n1C1CC1)c1ccccc1. The molecule has 1 fully saturated rings. The first-order valence-corrected chi connectivity index (χ1v) is 7.44. The second-order valence-electron chi connectivity index (χ2n) is 5.71. The van der Waals surface area contributed by atoms with E-state index in [2.05, 4.69) is 27.8 Å². The maximum Gasteiger partial charge on any atom is 0.112 e. The fraction of sp³-hybridized carbons (Fsp3) is 0.294. The third-order valence-electron chi connectivity index (χ3n) is 4.11. The zero-order valence-electron chi connectivity index (χ0n) is 11.8. The van der Waals surface area contributed by atoms with Gasteiger partial charge in [0.25, 0.3) is 0 Å². The first-order chi connectivity index (χ1) is 10.3. The fourth-order valence-corrected chi connectivity index (χ4v) is 2.90. The second kappa shape index (κ2) is 4.97. The van der Waals surface area contributed by atoms with Crippen LogP contribution in [0.15, 0.2) is 48.8 Å². The highest BCUT2D eigenvalue weighted by Gasteiger charge is 2.28. The average Bonchev–Trinajstić information content (AvgIpc) is 3.29. The Kier molecular flexibility index (Phi) is 2.97. The number of pyridine rings is 1. The predicted octanol–water partition coefficient (Wildman–Crippen LogP) is 3.01. The number of fused-ring (bicyclic) bond motifs is 1. The van der Waals surface area contributed by atoms with Gasteiger partial charge in [0.2, 0.25) is 0 Å². The molecule has 4 heteroatoms. The average molecular weight is 278 g/mol. The number of rotatable bonds is 4. The van der Waals surface area contributed by atoms with Crippen molar-refractivity contribution in [3.8, 4) is 0 Å². The van der Waals surface area contributed by atoms with Crippen LogP contribution in [0.1, 0.15) is 36.3 Å². The van der Waals surface area contributed by atoms with Crippen LogP contribution in [-0.4, -0.2) is 14.5 Å². The van der Waals surface area contributed by atoms with Crippen molar-refractivity contribution in [3.63, 3.8) is 0 Å². The minimum absolute atomic E-state index is 0.0199. The molecule has 0 bridgehead atoms. The first-order valence-electron chi connectivity index (χ1n) is 7.44. The van der Waals surface area contributed by atoms with Crippen molar-refractivity contribution in [3.05, 3.63) is 60.2 Å². The van der Waals surface area contributed by atoms with Gasteiger partial charge in [0, 0.05) is 24.7 Å². The van der Waals surface area contributed by atoms with Gasteiger partial charge in [-0.05, 0) is 24.5 Å². The molecule has 0 amide bonds. The molecule has 2 heterocycles. The van der Waals surface area contributed by atoms with E-state index in [9.17, 15) is 0 Å². The number of hydrogen-bond donors (Lipinski definition) is 1.